The van der Waals surface area contributed by atoms with Crippen molar-refractivity contribution in [1.82, 2.24) is 5.32 Å². The van der Waals surface area contributed by atoms with Gasteiger partial charge in [0, 0.05) is 23.6 Å². The molecular weight excluding hydrogens is 328 g/mol. The summed E-state index contributed by atoms with van der Waals surface area (Å²) in [4.78, 5) is 11.9. The number of carbonyl (C=O) groups is 1. The molecule has 1 aromatic heterocycles. The number of alkyl halides is 2. The number of thioether (sulfide) groups is 1. The second-order valence-electron chi connectivity index (χ2n) is 4.35. The number of ether oxygens (including phenoxy) is 1. The molecule has 2 rings (SSSR count). The molecule has 0 saturated carbocycles. The first kappa shape index (κ1) is 16.8. The molecule has 22 heavy (non-hydrogen) atoms. The number of rotatable bonds is 8. The smallest absolute Gasteiger partial charge is 0.387 e. The van der Waals surface area contributed by atoms with Gasteiger partial charge >= 0.3 is 6.61 Å². The van der Waals surface area contributed by atoms with Crippen LogP contribution in [0.5, 0.6) is 5.75 Å². The summed E-state index contributed by atoms with van der Waals surface area (Å²) in [6, 6.07) is 7.84. The van der Waals surface area contributed by atoms with E-state index in [1.807, 2.05) is 5.38 Å². The van der Waals surface area contributed by atoms with Gasteiger partial charge in [0.15, 0.2) is 0 Å². The van der Waals surface area contributed by atoms with Crippen LogP contribution in [0, 0.1) is 0 Å². The maximum atomic E-state index is 12.1. The largest absolute Gasteiger partial charge is 0.435 e. The Balaban J connectivity index is 1.72. The van der Waals surface area contributed by atoms with Crippen molar-refractivity contribution >= 4 is 29.0 Å². The summed E-state index contributed by atoms with van der Waals surface area (Å²) < 4.78 is 28.5. The van der Waals surface area contributed by atoms with Crippen LogP contribution in [0.3, 0.4) is 0 Å². The van der Waals surface area contributed by atoms with Gasteiger partial charge in [-0.2, -0.15) is 31.9 Å². The summed E-state index contributed by atoms with van der Waals surface area (Å²) in [5.74, 6) is 1.39. The summed E-state index contributed by atoms with van der Waals surface area (Å²) in [6.07, 6.45) is 0. The van der Waals surface area contributed by atoms with Gasteiger partial charge in [0.1, 0.15) is 5.75 Å². The van der Waals surface area contributed by atoms with Crippen LogP contribution in [-0.2, 0) is 5.75 Å². The molecule has 0 aliphatic rings. The van der Waals surface area contributed by atoms with E-state index in [9.17, 15) is 13.6 Å². The molecule has 0 aliphatic heterocycles. The highest BCUT2D eigenvalue weighted by Crippen LogP contribution is 2.16. The van der Waals surface area contributed by atoms with Crippen molar-refractivity contribution in [1.29, 1.82) is 0 Å². The Bertz CT molecular complexity index is 591. The fourth-order valence-corrected chi connectivity index (χ4v) is 3.30. The predicted octanol–water partition coefficient (Wildman–Crippen LogP) is 4.01. The van der Waals surface area contributed by atoms with Crippen LogP contribution in [0.25, 0.3) is 0 Å². The topological polar surface area (TPSA) is 38.3 Å². The van der Waals surface area contributed by atoms with Crippen LogP contribution in [0.2, 0.25) is 0 Å². The fraction of sp³-hybridized carbons (Fsp3) is 0.267. The quantitative estimate of drug-likeness (QED) is 0.736. The molecule has 0 bridgehead atoms. The van der Waals surface area contributed by atoms with Gasteiger partial charge in [0.25, 0.3) is 5.91 Å². The Hall–Kier alpha value is -1.60. The van der Waals surface area contributed by atoms with Crippen LogP contribution in [-0.4, -0.2) is 24.8 Å². The van der Waals surface area contributed by atoms with Gasteiger partial charge in [-0.1, -0.05) is 6.07 Å². The fourth-order valence-electron chi connectivity index (χ4n) is 1.72. The standard InChI is InChI=1S/C15H15F2NO2S2/c16-15(17)20-13-3-1-2-12(8-13)14(19)18-5-7-22-10-11-4-6-21-9-11/h1-4,6,8-9,15H,5,7,10H2,(H,18,19). The highest BCUT2D eigenvalue weighted by molar-refractivity contribution is 7.98. The van der Waals surface area contributed by atoms with Crippen molar-refractivity contribution in [2.45, 2.75) is 12.4 Å². The lowest BCUT2D eigenvalue weighted by molar-refractivity contribution is -0.0498. The number of carbonyl (C=O) groups excluding carboxylic acids is 1. The first-order chi connectivity index (χ1) is 10.6. The van der Waals surface area contributed by atoms with Gasteiger partial charge in [0.2, 0.25) is 0 Å². The van der Waals surface area contributed by atoms with Gasteiger partial charge < -0.3 is 10.1 Å². The zero-order valence-electron chi connectivity index (χ0n) is 11.6. The van der Waals surface area contributed by atoms with Gasteiger partial charge in [-0.15, -0.1) is 0 Å². The van der Waals surface area contributed by atoms with Gasteiger partial charge in [0.05, 0.1) is 0 Å². The second kappa shape index (κ2) is 8.75. The van der Waals surface area contributed by atoms with Crippen molar-refractivity contribution < 1.29 is 18.3 Å². The zero-order valence-corrected chi connectivity index (χ0v) is 13.3. The van der Waals surface area contributed by atoms with Crippen molar-refractivity contribution in [2.75, 3.05) is 12.3 Å². The molecule has 0 spiro atoms. The minimum Gasteiger partial charge on any atom is -0.435 e. The maximum Gasteiger partial charge on any atom is 0.387 e. The Labute approximate surface area is 135 Å². The number of hydrogen-bond donors (Lipinski definition) is 1. The molecule has 0 unspecified atom stereocenters. The molecule has 7 heteroatoms. The van der Waals surface area contributed by atoms with E-state index in [2.05, 4.69) is 21.5 Å². The number of thiophene rings is 1. The number of amides is 1. The lowest BCUT2D eigenvalue weighted by atomic mass is 10.2. The molecule has 0 aliphatic carbocycles. The van der Waals surface area contributed by atoms with Crippen LogP contribution >= 0.6 is 23.1 Å². The van der Waals surface area contributed by atoms with E-state index >= 15 is 0 Å². The molecule has 0 fully saturated rings. The molecule has 1 N–H and O–H groups in total. The van der Waals surface area contributed by atoms with Gasteiger partial charge in [-0.25, -0.2) is 0 Å². The molecule has 2 aromatic rings. The number of nitrogens with one attached hydrogen (secondary N) is 1. The number of halogens is 2. The number of hydrogen-bond acceptors (Lipinski definition) is 4. The van der Waals surface area contributed by atoms with E-state index in [0.717, 1.165) is 11.5 Å². The van der Waals surface area contributed by atoms with Crippen LogP contribution in [0.15, 0.2) is 41.1 Å². The Morgan fingerprint density at radius 3 is 2.95 bits per heavy atom. The first-order valence-electron chi connectivity index (χ1n) is 6.57. The normalized spacial score (nSPS) is 10.7. The molecule has 3 nitrogen and oxygen atoms in total. The molecule has 1 heterocycles. The molecule has 1 amide bonds. The van der Waals surface area contributed by atoms with Crippen molar-refractivity contribution in [3.63, 3.8) is 0 Å². The zero-order chi connectivity index (χ0) is 15.8. The summed E-state index contributed by atoms with van der Waals surface area (Å²) in [6.45, 7) is -2.38. The van der Waals surface area contributed by atoms with E-state index in [1.165, 1.54) is 23.8 Å². The van der Waals surface area contributed by atoms with E-state index in [-0.39, 0.29) is 11.7 Å². The lowest BCUT2D eigenvalue weighted by Crippen LogP contribution is -2.25. The molecule has 0 saturated heterocycles. The van der Waals surface area contributed by atoms with Gasteiger partial charge in [-0.05, 0) is 40.6 Å². The highest BCUT2D eigenvalue weighted by Gasteiger charge is 2.09. The van der Waals surface area contributed by atoms with E-state index < -0.39 is 6.61 Å². The molecule has 0 radical (unpaired) electrons. The second-order valence-corrected chi connectivity index (χ2v) is 6.23. The first-order valence-corrected chi connectivity index (χ1v) is 8.67. The average molecular weight is 343 g/mol. The predicted molar refractivity (Wildman–Crippen MR) is 85.9 cm³/mol. The Kier molecular flexibility index (Phi) is 6.67. The highest BCUT2D eigenvalue weighted by atomic mass is 32.2. The van der Waals surface area contributed by atoms with Crippen molar-refractivity contribution in [3.8, 4) is 5.75 Å². The van der Waals surface area contributed by atoms with Gasteiger partial charge in [-0.3, -0.25) is 4.79 Å². The molecular formula is C15H15F2NO2S2. The summed E-state index contributed by atoms with van der Waals surface area (Å²) >= 11 is 3.39. The van der Waals surface area contributed by atoms with Crippen LogP contribution in [0.1, 0.15) is 15.9 Å². The third-order valence-electron chi connectivity index (χ3n) is 2.70. The van der Waals surface area contributed by atoms with E-state index in [4.69, 9.17) is 0 Å². The third kappa shape index (κ3) is 5.65. The number of benzene rings is 1. The molecule has 1 aromatic carbocycles. The van der Waals surface area contributed by atoms with Crippen molar-refractivity contribution in [3.05, 3.63) is 52.2 Å². The lowest BCUT2D eigenvalue weighted by Gasteiger charge is -2.08. The molecule has 118 valence electrons. The summed E-state index contributed by atoms with van der Waals surface area (Å²) in [5, 5.41) is 6.89. The van der Waals surface area contributed by atoms with Crippen LogP contribution < -0.4 is 10.1 Å². The Morgan fingerprint density at radius 1 is 1.36 bits per heavy atom. The average Bonchev–Trinajstić information content (AvgIpc) is 2.99. The maximum absolute atomic E-state index is 12.1. The monoisotopic (exact) mass is 343 g/mol. The minimum atomic E-state index is -2.90. The summed E-state index contributed by atoms with van der Waals surface area (Å²) in [5.41, 5.74) is 1.58. The van der Waals surface area contributed by atoms with E-state index in [0.29, 0.717) is 12.1 Å². The van der Waals surface area contributed by atoms with Crippen molar-refractivity contribution in [2.24, 2.45) is 0 Å². The van der Waals surface area contributed by atoms with E-state index in [1.54, 1.807) is 29.2 Å². The molecule has 0 atom stereocenters. The Morgan fingerprint density at radius 2 is 2.23 bits per heavy atom. The third-order valence-corrected chi connectivity index (χ3v) is 4.46. The minimum absolute atomic E-state index is 0.0190. The van der Waals surface area contributed by atoms with Crippen LogP contribution in [0.4, 0.5) is 8.78 Å². The summed E-state index contributed by atoms with van der Waals surface area (Å²) in [7, 11) is 0. The SMILES string of the molecule is O=C(NCCSCc1ccsc1)c1cccc(OC(F)F)c1.